The lowest BCUT2D eigenvalue weighted by atomic mass is 10.0. The van der Waals surface area contributed by atoms with Crippen LogP contribution >= 0.6 is 11.3 Å². The molecule has 5 atom stereocenters. The Balaban J connectivity index is 1.12. The van der Waals surface area contributed by atoms with E-state index in [4.69, 9.17) is 19.4 Å². The van der Waals surface area contributed by atoms with Crippen molar-refractivity contribution in [3.05, 3.63) is 76.8 Å². The van der Waals surface area contributed by atoms with Crippen LogP contribution in [0.2, 0.25) is 0 Å². The molecule has 65 heavy (non-hydrogen) atoms. The van der Waals surface area contributed by atoms with Crippen LogP contribution in [0.15, 0.2) is 60.7 Å². The van der Waals surface area contributed by atoms with Gasteiger partial charge in [-0.15, -0.1) is 11.3 Å². The number of ether oxygens (including phenoxy) is 2. The summed E-state index contributed by atoms with van der Waals surface area (Å²) in [4.78, 5) is 69.5. The van der Waals surface area contributed by atoms with E-state index in [9.17, 15) is 27.6 Å². The molecule has 1 saturated heterocycles. The van der Waals surface area contributed by atoms with Gasteiger partial charge >= 0.3 is 6.09 Å². The lowest BCUT2D eigenvalue weighted by molar-refractivity contribution is -0.141. The number of allylic oxidation sites excluding steroid dienone is 1. The number of alkyl carbamates (subject to hydrolysis) is 1. The van der Waals surface area contributed by atoms with E-state index in [2.05, 4.69) is 34.4 Å². The molecule has 0 bridgehead atoms. The second kappa shape index (κ2) is 17.8. The van der Waals surface area contributed by atoms with Gasteiger partial charge in [0.2, 0.25) is 21.8 Å². The lowest BCUT2D eigenvalue weighted by Crippen LogP contribution is -2.58. The number of hydrogen-bond acceptors (Lipinski definition) is 11. The summed E-state index contributed by atoms with van der Waals surface area (Å²) in [6, 6.07) is 14.3. The number of amides is 4. The van der Waals surface area contributed by atoms with E-state index < -0.39 is 73.8 Å². The third-order valence-electron chi connectivity index (χ3n) is 13.0. The van der Waals surface area contributed by atoms with Gasteiger partial charge in [-0.3, -0.25) is 23.7 Å². The number of sulfonamides is 1. The molecule has 0 spiro atoms. The van der Waals surface area contributed by atoms with Gasteiger partial charge in [-0.05, 0) is 105 Å². The summed E-state index contributed by atoms with van der Waals surface area (Å²) in [6.45, 7) is 12.9. The van der Waals surface area contributed by atoms with Crippen molar-refractivity contribution in [2.75, 3.05) is 6.54 Å². The number of aromatic nitrogens is 3. The molecule has 2 aliphatic heterocycles. The molecular weight excluding hydrogens is 867 g/mol. The van der Waals surface area contributed by atoms with Gasteiger partial charge in [0.15, 0.2) is 0 Å². The minimum absolute atomic E-state index is 0.0264. The standard InChI is InChI=1S/C48H61N7O8S2/c1-29(2)55-37-22-16-20-34(41-49-36(30(3)64-41)25-31-17-12-11-13-18-31)39(37)51-44(55)62-33-26-38-40(56)52-48(43(58)53-65(60,61)47(7)23-24-47)27-32(48)19-14-9-8-10-15-21-35(42(57)54(38)28-33)50-45(59)63-46(4,5)6/h11-14,16-20,22,29,32-33,35,38H,8-10,15,21,23-28H2,1-7H3,(H,50,59)(H,52,56)(H,53,58)/b19-14-/t32-,33-,35+,38+,48-/m1/s1. The van der Waals surface area contributed by atoms with Gasteiger partial charge in [-0.2, -0.15) is 4.98 Å². The van der Waals surface area contributed by atoms with Gasteiger partial charge in [-0.25, -0.2) is 18.2 Å². The molecule has 4 aliphatic rings. The Bertz CT molecular complexity index is 2610. The molecule has 348 valence electrons. The topological polar surface area (TPSA) is 191 Å². The summed E-state index contributed by atoms with van der Waals surface area (Å²) in [7, 11) is -4.01. The number of nitrogens with zero attached hydrogens (tertiary/aromatic N) is 4. The maximum Gasteiger partial charge on any atom is 0.408 e. The predicted octanol–water partition coefficient (Wildman–Crippen LogP) is 7.28. The highest BCUT2D eigenvalue weighted by atomic mass is 32.2. The monoisotopic (exact) mass is 927 g/mol. The van der Waals surface area contributed by atoms with E-state index in [0.717, 1.165) is 39.5 Å². The van der Waals surface area contributed by atoms with Crippen LogP contribution in [0.5, 0.6) is 6.01 Å². The molecule has 2 saturated carbocycles. The summed E-state index contributed by atoms with van der Waals surface area (Å²) in [5.41, 5.74) is 2.21. The van der Waals surface area contributed by atoms with Crippen LogP contribution in [0.3, 0.4) is 0 Å². The maximum atomic E-state index is 14.8. The highest BCUT2D eigenvalue weighted by Gasteiger charge is 2.63. The molecular formula is C48H61N7O8S2. The van der Waals surface area contributed by atoms with E-state index in [1.54, 1.807) is 39.0 Å². The van der Waals surface area contributed by atoms with Crippen LogP contribution in [0.4, 0.5) is 4.79 Å². The zero-order valence-corrected chi connectivity index (χ0v) is 39.9. The summed E-state index contributed by atoms with van der Waals surface area (Å²) < 4.78 is 42.2. The number of hydrogen-bond donors (Lipinski definition) is 3. The summed E-state index contributed by atoms with van der Waals surface area (Å²) in [6.07, 6.45) is 7.30. The fourth-order valence-corrected chi connectivity index (χ4v) is 11.2. The van der Waals surface area contributed by atoms with Crippen LogP contribution in [0, 0.1) is 12.8 Å². The maximum absolute atomic E-state index is 14.8. The Labute approximate surface area is 385 Å². The van der Waals surface area contributed by atoms with Crippen molar-refractivity contribution in [1.82, 2.24) is 34.8 Å². The number of imidazole rings is 1. The van der Waals surface area contributed by atoms with Crippen LogP contribution < -0.4 is 20.1 Å². The van der Waals surface area contributed by atoms with E-state index in [1.807, 2.05) is 67.0 Å². The average molecular weight is 928 g/mol. The smallest absolute Gasteiger partial charge is 0.408 e. The van der Waals surface area contributed by atoms with Crippen molar-refractivity contribution in [2.24, 2.45) is 5.92 Å². The van der Waals surface area contributed by atoms with E-state index >= 15 is 0 Å². The Morgan fingerprint density at radius 2 is 1.78 bits per heavy atom. The van der Waals surface area contributed by atoms with E-state index in [1.165, 1.54) is 10.5 Å². The highest BCUT2D eigenvalue weighted by molar-refractivity contribution is 7.91. The number of carbonyl (C=O) groups is 4. The largest absolute Gasteiger partial charge is 0.459 e. The molecule has 4 aromatic rings. The normalized spacial score (nSPS) is 25.1. The van der Waals surface area contributed by atoms with Gasteiger partial charge in [0.25, 0.3) is 11.9 Å². The third kappa shape index (κ3) is 9.81. The third-order valence-corrected chi connectivity index (χ3v) is 16.2. The Kier molecular flexibility index (Phi) is 12.7. The number of carbonyl (C=O) groups excluding carboxylic acids is 4. The molecule has 3 fully saturated rings. The second-order valence-corrected chi connectivity index (χ2v) is 23.0. The molecule has 2 aromatic heterocycles. The van der Waals surface area contributed by atoms with Crippen molar-refractivity contribution < 1.29 is 37.1 Å². The minimum atomic E-state index is -4.01. The zero-order valence-electron chi connectivity index (χ0n) is 38.3. The van der Waals surface area contributed by atoms with Crippen LogP contribution in [-0.4, -0.2) is 92.3 Å². The average Bonchev–Trinajstić information content (AvgIpc) is 3.98. The van der Waals surface area contributed by atoms with Crippen molar-refractivity contribution in [1.29, 1.82) is 0 Å². The summed E-state index contributed by atoms with van der Waals surface area (Å²) in [5.74, 6) is -2.36. The number of rotatable bonds is 10. The molecule has 0 unspecified atom stereocenters. The SMILES string of the molecule is Cc1sc(-c2cccc3c2nc(O[C@@H]2C[C@H]4C(=O)N[C@]5(C(=O)NS(=O)(=O)C6(C)CC6)C[C@H]5/C=C\CCCCC[C@H](NC(=O)OC(C)(C)C)C(=O)N4C2)n3C(C)C)nc1Cc1ccccc1. The number of aryl methyl sites for hydroxylation is 1. The first-order valence-corrected chi connectivity index (χ1v) is 25.1. The first-order valence-electron chi connectivity index (χ1n) is 22.8. The Morgan fingerprint density at radius 1 is 1.03 bits per heavy atom. The molecule has 17 heteroatoms. The van der Waals surface area contributed by atoms with Crippen molar-refractivity contribution in [3.8, 4) is 16.6 Å². The molecule has 4 heterocycles. The molecule has 0 radical (unpaired) electrons. The molecule has 2 aliphatic carbocycles. The van der Waals surface area contributed by atoms with Gasteiger partial charge in [0.05, 0.1) is 22.5 Å². The number of fused-ring (bicyclic) bond motifs is 3. The van der Waals surface area contributed by atoms with Crippen molar-refractivity contribution >= 4 is 56.2 Å². The zero-order chi connectivity index (χ0) is 46.5. The fourth-order valence-electron chi connectivity index (χ4n) is 8.89. The lowest BCUT2D eigenvalue weighted by Gasteiger charge is -2.30. The number of benzene rings is 2. The number of para-hydroxylation sites is 1. The minimum Gasteiger partial charge on any atom is -0.459 e. The van der Waals surface area contributed by atoms with Gasteiger partial charge in [0, 0.05) is 35.2 Å². The second-order valence-electron chi connectivity index (χ2n) is 19.6. The number of nitrogens with one attached hydrogen (secondary N) is 3. The Morgan fingerprint density at radius 3 is 2.49 bits per heavy atom. The highest BCUT2D eigenvalue weighted by Crippen LogP contribution is 2.48. The van der Waals surface area contributed by atoms with Crippen molar-refractivity contribution in [3.63, 3.8) is 0 Å². The fraction of sp³-hybridized carbons (Fsp3) is 0.542. The molecule has 15 nitrogen and oxygen atoms in total. The van der Waals surface area contributed by atoms with Gasteiger partial charge in [0.1, 0.15) is 39.9 Å². The first kappa shape index (κ1) is 46.2. The first-order chi connectivity index (χ1) is 30.8. The molecule has 4 amide bonds. The van der Waals surface area contributed by atoms with E-state index in [0.29, 0.717) is 50.1 Å². The van der Waals surface area contributed by atoms with Crippen LogP contribution in [0.25, 0.3) is 21.6 Å². The Hall–Kier alpha value is -5.29. The summed E-state index contributed by atoms with van der Waals surface area (Å²) >= 11 is 1.61. The molecule has 3 N–H and O–H groups in total. The van der Waals surface area contributed by atoms with Crippen LogP contribution in [0.1, 0.15) is 122 Å². The predicted molar refractivity (Wildman–Crippen MR) is 249 cm³/mol. The number of thiazole rings is 1. The molecule has 8 rings (SSSR count). The quantitative estimate of drug-likeness (QED) is 0.136. The van der Waals surface area contributed by atoms with Crippen molar-refractivity contribution in [2.45, 2.75) is 153 Å². The van der Waals surface area contributed by atoms with Gasteiger partial charge < -0.3 is 25.0 Å². The van der Waals surface area contributed by atoms with Gasteiger partial charge in [-0.1, -0.05) is 61.4 Å². The molecule has 2 aromatic carbocycles. The summed E-state index contributed by atoms with van der Waals surface area (Å²) in [5, 5.41) is 6.56. The van der Waals surface area contributed by atoms with E-state index in [-0.39, 0.29) is 25.4 Å². The van der Waals surface area contributed by atoms with Crippen LogP contribution in [-0.2, 0) is 35.6 Å².